The van der Waals surface area contributed by atoms with Crippen molar-refractivity contribution in [2.75, 3.05) is 26.1 Å². The van der Waals surface area contributed by atoms with Gasteiger partial charge in [0.1, 0.15) is 24.5 Å². The molecule has 2 N–H and O–H groups in total. The van der Waals surface area contributed by atoms with Crippen LogP contribution < -0.4 is 10.5 Å². The van der Waals surface area contributed by atoms with Gasteiger partial charge in [-0.3, -0.25) is 4.98 Å². The lowest BCUT2D eigenvalue weighted by molar-refractivity contribution is 0.146. The first kappa shape index (κ1) is 17.9. The number of hydrogen-bond donors (Lipinski definition) is 1. The average molecular weight is 372 g/mol. The minimum absolute atomic E-state index is 0.464. The fourth-order valence-electron chi connectivity index (χ4n) is 3.09. The van der Waals surface area contributed by atoms with Gasteiger partial charge in [-0.1, -0.05) is 24.3 Å². The molecule has 0 unspecified atom stereocenters. The topological polar surface area (TPSA) is 83.2 Å². The van der Waals surface area contributed by atoms with Crippen LogP contribution in [-0.4, -0.2) is 35.3 Å². The largest absolute Gasteiger partial charge is 0.491 e. The minimum atomic E-state index is 0.464. The van der Waals surface area contributed by atoms with E-state index in [9.17, 15) is 0 Å². The molecule has 0 saturated heterocycles. The van der Waals surface area contributed by atoms with Gasteiger partial charge in [0.2, 0.25) is 0 Å². The summed E-state index contributed by atoms with van der Waals surface area (Å²) in [5.74, 6) is 1.24. The predicted octanol–water partition coefficient (Wildman–Crippen LogP) is 3.97. The lowest BCUT2D eigenvalue weighted by Gasteiger charge is -2.12. The first-order valence-electron chi connectivity index (χ1n) is 8.94. The highest BCUT2D eigenvalue weighted by Crippen LogP contribution is 2.33. The SMILES string of the molecule is COCCOc1cccc(-c2ncccc2-c2ccc3ncnc(N)c3c2)c1. The summed E-state index contributed by atoms with van der Waals surface area (Å²) >= 11 is 0. The molecule has 2 aromatic heterocycles. The molecule has 6 nitrogen and oxygen atoms in total. The third-order valence-electron chi connectivity index (χ3n) is 4.45. The summed E-state index contributed by atoms with van der Waals surface area (Å²) in [5.41, 5.74) is 10.7. The Labute approximate surface area is 163 Å². The summed E-state index contributed by atoms with van der Waals surface area (Å²) in [6, 6.07) is 17.8. The Hall–Kier alpha value is -3.51. The van der Waals surface area contributed by atoms with Gasteiger partial charge in [0, 0.05) is 29.8 Å². The number of nitrogens with two attached hydrogens (primary N) is 1. The quantitative estimate of drug-likeness (QED) is 0.516. The molecular weight excluding hydrogens is 352 g/mol. The molecule has 0 spiro atoms. The van der Waals surface area contributed by atoms with Crippen molar-refractivity contribution in [3.8, 4) is 28.1 Å². The number of anilines is 1. The fourth-order valence-corrected chi connectivity index (χ4v) is 3.09. The van der Waals surface area contributed by atoms with Crippen LogP contribution in [0.5, 0.6) is 5.75 Å². The molecule has 0 amide bonds. The van der Waals surface area contributed by atoms with Crippen LogP contribution in [-0.2, 0) is 4.74 Å². The van der Waals surface area contributed by atoms with Gasteiger partial charge in [0.15, 0.2) is 0 Å². The first-order chi connectivity index (χ1) is 13.8. The maximum atomic E-state index is 6.04. The molecule has 6 heteroatoms. The smallest absolute Gasteiger partial charge is 0.134 e. The summed E-state index contributed by atoms with van der Waals surface area (Å²) in [6.07, 6.45) is 3.26. The van der Waals surface area contributed by atoms with E-state index in [1.165, 1.54) is 6.33 Å². The molecule has 4 aromatic rings. The molecule has 0 radical (unpaired) electrons. The zero-order valence-corrected chi connectivity index (χ0v) is 15.5. The van der Waals surface area contributed by atoms with Gasteiger partial charge in [-0.25, -0.2) is 9.97 Å². The van der Waals surface area contributed by atoms with E-state index in [-0.39, 0.29) is 0 Å². The van der Waals surface area contributed by atoms with Crippen molar-refractivity contribution >= 4 is 16.7 Å². The van der Waals surface area contributed by atoms with Crippen molar-refractivity contribution in [1.82, 2.24) is 15.0 Å². The van der Waals surface area contributed by atoms with Crippen molar-refractivity contribution in [2.45, 2.75) is 0 Å². The maximum Gasteiger partial charge on any atom is 0.134 e. The predicted molar refractivity (Wildman–Crippen MR) is 110 cm³/mol. The van der Waals surface area contributed by atoms with Crippen LogP contribution in [0.15, 0.2) is 67.1 Å². The molecule has 4 rings (SSSR count). The maximum absolute atomic E-state index is 6.04. The van der Waals surface area contributed by atoms with Crippen LogP contribution in [0, 0.1) is 0 Å². The molecule has 0 aliphatic heterocycles. The van der Waals surface area contributed by atoms with E-state index in [0.29, 0.717) is 19.0 Å². The summed E-state index contributed by atoms with van der Waals surface area (Å²) in [6.45, 7) is 1.04. The van der Waals surface area contributed by atoms with Crippen LogP contribution in [0.25, 0.3) is 33.3 Å². The zero-order chi connectivity index (χ0) is 19.3. The van der Waals surface area contributed by atoms with Gasteiger partial charge in [-0.2, -0.15) is 0 Å². The number of nitrogen functional groups attached to an aromatic ring is 1. The minimum Gasteiger partial charge on any atom is -0.491 e. The lowest BCUT2D eigenvalue weighted by Crippen LogP contribution is -2.04. The van der Waals surface area contributed by atoms with Crippen LogP contribution >= 0.6 is 0 Å². The second kappa shape index (κ2) is 8.02. The zero-order valence-electron chi connectivity index (χ0n) is 15.5. The Kier molecular flexibility index (Phi) is 5.12. The number of pyridine rings is 1. The van der Waals surface area contributed by atoms with Crippen LogP contribution in [0.4, 0.5) is 5.82 Å². The van der Waals surface area contributed by atoms with Gasteiger partial charge >= 0.3 is 0 Å². The van der Waals surface area contributed by atoms with E-state index in [0.717, 1.165) is 39.0 Å². The third-order valence-corrected chi connectivity index (χ3v) is 4.45. The summed E-state index contributed by atoms with van der Waals surface area (Å²) in [5, 5.41) is 0.825. The van der Waals surface area contributed by atoms with Crippen molar-refractivity contribution in [2.24, 2.45) is 0 Å². The highest BCUT2D eigenvalue weighted by Gasteiger charge is 2.11. The Morgan fingerprint density at radius 2 is 1.82 bits per heavy atom. The standard InChI is InChI=1S/C22H20N4O2/c1-27-10-11-28-17-5-2-4-16(12-17)21-18(6-3-9-24-21)15-7-8-20-19(13-15)22(23)26-14-25-20/h2-9,12-14H,10-11H2,1H3,(H2,23,25,26). The van der Waals surface area contributed by atoms with Crippen molar-refractivity contribution < 1.29 is 9.47 Å². The Morgan fingerprint density at radius 1 is 0.893 bits per heavy atom. The molecule has 0 atom stereocenters. The van der Waals surface area contributed by atoms with E-state index >= 15 is 0 Å². The van der Waals surface area contributed by atoms with E-state index in [2.05, 4.69) is 15.0 Å². The molecule has 0 fully saturated rings. The van der Waals surface area contributed by atoms with Crippen molar-refractivity contribution in [3.63, 3.8) is 0 Å². The van der Waals surface area contributed by atoms with Gasteiger partial charge in [-0.05, 0) is 35.9 Å². The highest BCUT2D eigenvalue weighted by molar-refractivity contribution is 5.93. The van der Waals surface area contributed by atoms with E-state index in [1.54, 1.807) is 13.3 Å². The molecular formula is C22H20N4O2. The third kappa shape index (κ3) is 3.63. The first-order valence-corrected chi connectivity index (χ1v) is 8.94. The molecule has 2 aromatic carbocycles. The van der Waals surface area contributed by atoms with Crippen molar-refractivity contribution in [3.05, 3.63) is 67.1 Å². The number of fused-ring (bicyclic) bond motifs is 1. The normalized spacial score (nSPS) is 10.9. The average Bonchev–Trinajstić information content (AvgIpc) is 2.74. The van der Waals surface area contributed by atoms with E-state index < -0.39 is 0 Å². The van der Waals surface area contributed by atoms with Crippen LogP contribution in [0.3, 0.4) is 0 Å². The number of aromatic nitrogens is 3. The number of rotatable bonds is 6. The molecule has 0 bridgehead atoms. The van der Waals surface area contributed by atoms with Crippen LogP contribution in [0.2, 0.25) is 0 Å². The Bertz CT molecular complexity index is 1110. The van der Waals surface area contributed by atoms with Gasteiger partial charge in [0.05, 0.1) is 17.8 Å². The Morgan fingerprint density at radius 3 is 2.71 bits per heavy atom. The van der Waals surface area contributed by atoms with Gasteiger partial charge in [-0.15, -0.1) is 0 Å². The Balaban J connectivity index is 1.76. The summed E-state index contributed by atoms with van der Waals surface area (Å²) < 4.78 is 10.8. The number of hydrogen-bond acceptors (Lipinski definition) is 6. The van der Waals surface area contributed by atoms with Gasteiger partial charge in [0.25, 0.3) is 0 Å². The molecule has 0 saturated carbocycles. The lowest BCUT2D eigenvalue weighted by atomic mass is 9.98. The van der Waals surface area contributed by atoms with Crippen molar-refractivity contribution in [1.29, 1.82) is 0 Å². The molecule has 0 aliphatic carbocycles. The summed E-state index contributed by atoms with van der Waals surface area (Å²) in [4.78, 5) is 13.0. The molecule has 140 valence electrons. The molecule has 2 heterocycles. The van der Waals surface area contributed by atoms with Gasteiger partial charge < -0.3 is 15.2 Å². The second-order valence-electron chi connectivity index (χ2n) is 6.26. The van der Waals surface area contributed by atoms with E-state index in [4.69, 9.17) is 15.2 Å². The van der Waals surface area contributed by atoms with E-state index in [1.807, 2.05) is 54.6 Å². The number of benzene rings is 2. The monoisotopic (exact) mass is 372 g/mol. The second-order valence-corrected chi connectivity index (χ2v) is 6.26. The molecule has 28 heavy (non-hydrogen) atoms. The molecule has 0 aliphatic rings. The fraction of sp³-hybridized carbons (Fsp3) is 0.136. The number of nitrogens with zero attached hydrogens (tertiary/aromatic N) is 3. The number of methoxy groups -OCH3 is 1. The highest BCUT2D eigenvalue weighted by atomic mass is 16.5. The number of ether oxygens (including phenoxy) is 2. The van der Waals surface area contributed by atoms with Crippen LogP contribution in [0.1, 0.15) is 0 Å². The summed E-state index contributed by atoms with van der Waals surface area (Å²) in [7, 11) is 1.65.